The second-order valence-electron chi connectivity index (χ2n) is 6.82. The first-order valence-corrected chi connectivity index (χ1v) is 9.71. The third kappa shape index (κ3) is 3.34. The fraction of sp³-hybridized carbons (Fsp3) is 0.136. The van der Waals surface area contributed by atoms with Gasteiger partial charge in [0.1, 0.15) is 30.4 Å². The van der Waals surface area contributed by atoms with Gasteiger partial charge < -0.3 is 9.30 Å². The Morgan fingerprint density at radius 2 is 2.06 bits per heavy atom. The van der Waals surface area contributed by atoms with Gasteiger partial charge in [0.25, 0.3) is 0 Å². The summed E-state index contributed by atoms with van der Waals surface area (Å²) in [5.41, 5.74) is 4.31. The van der Waals surface area contributed by atoms with Crippen molar-refractivity contribution in [2.24, 2.45) is 0 Å². The Labute approximate surface area is 182 Å². The maximum Gasteiger partial charge on any atom is 0.166 e. The third-order valence-corrected chi connectivity index (χ3v) is 5.17. The fourth-order valence-corrected chi connectivity index (χ4v) is 3.65. The molecule has 0 N–H and O–H groups in total. The monoisotopic (exact) mass is 427 g/mol. The van der Waals surface area contributed by atoms with Gasteiger partial charge in [0, 0.05) is 23.9 Å². The molecular weight excluding hydrogens is 414 g/mol. The predicted molar refractivity (Wildman–Crippen MR) is 112 cm³/mol. The molecule has 4 aromatic rings. The number of fused-ring (bicyclic) bond motifs is 5. The van der Waals surface area contributed by atoms with Crippen molar-refractivity contribution in [1.82, 2.24) is 29.3 Å². The van der Waals surface area contributed by atoms with Crippen LogP contribution in [-0.2, 0) is 17.9 Å². The van der Waals surface area contributed by atoms with Crippen molar-refractivity contribution in [2.45, 2.75) is 13.2 Å². The number of nitrogens with zero attached hydrogens (tertiary/aromatic N) is 7. The highest BCUT2D eigenvalue weighted by Gasteiger charge is 2.25. The minimum atomic E-state index is 0.327. The Kier molecular flexibility index (Phi) is 4.72. The molecule has 3 aromatic heterocycles. The summed E-state index contributed by atoms with van der Waals surface area (Å²) in [6.07, 6.45) is 3.24. The molecule has 150 valence electrons. The maximum absolute atomic E-state index is 8.92. The smallest absolute Gasteiger partial charge is 0.166 e. The van der Waals surface area contributed by atoms with Gasteiger partial charge in [-0.3, -0.25) is 4.57 Å². The Hall–Kier alpha value is -3.98. The molecule has 0 saturated carbocycles. The number of hydrogen-bond acceptors (Lipinski definition) is 6. The Balaban J connectivity index is 1.65. The molecule has 0 amide bonds. The first kappa shape index (κ1) is 19.0. The van der Waals surface area contributed by atoms with Crippen LogP contribution in [0.3, 0.4) is 0 Å². The van der Waals surface area contributed by atoms with E-state index in [-0.39, 0.29) is 0 Å². The van der Waals surface area contributed by atoms with Crippen LogP contribution in [0.25, 0.3) is 17.1 Å². The van der Waals surface area contributed by atoms with Crippen LogP contribution in [0.4, 0.5) is 0 Å². The van der Waals surface area contributed by atoms with E-state index in [1.54, 1.807) is 25.6 Å². The standard InChI is InChI=1S/C22H14ClN7O/c1-31-12-21-27-28-22-17-8-15(23)3-7-19(17)30-13-26-18(20(30)11-29(21)22)6-5-16-4-2-14(9-24)10-25-16/h2-4,7-8,10,13H,11-12H2,1H3. The molecule has 0 fully saturated rings. The Morgan fingerprint density at radius 1 is 1.16 bits per heavy atom. The lowest BCUT2D eigenvalue weighted by atomic mass is 10.1. The zero-order valence-electron chi connectivity index (χ0n) is 16.4. The summed E-state index contributed by atoms with van der Waals surface area (Å²) in [6.45, 7) is 0.797. The van der Waals surface area contributed by atoms with Gasteiger partial charge in [0.2, 0.25) is 0 Å². The number of halogens is 1. The predicted octanol–water partition coefficient (Wildman–Crippen LogP) is 2.96. The highest BCUT2D eigenvalue weighted by atomic mass is 35.5. The first-order chi connectivity index (χ1) is 15.2. The van der Waals surface area contributed by atoms with Gasteiger partial charge >= 0.3 is 0 Å². The van der Waals surface area contributed by atoms with Crippen LogP contribution in [0, 0.1) is 23.2 Å². The molecule has 9 heteroatoms. The quantitative estimate of drug-likeness (QED) is 0.402. The normalized spacial score (nSPS) is 11.4. The molecule has 0 spiro atoms. The van der Waals surface area contributed by atoms with E-state index < -0.39 is 0 Å². The lowest BCUT2D eigenvalue weighted by molar-refractivity contribution is 0.174. The maximum atomic E-state index is 8.92. The van der Waals surface area contributed by atoms with E-state index in [2.05, 4.69) is 32.0 Å². The molecule has 0 unspecified atom stereocenters. The van der Waals surface area contributed by atoms with Gasteiger partial charge in [0.05, 0.1) is 23.5 Å². The van der Waals surface area contributed by atoms with Crippen LogP contribution < -0.4 is 0 Å². The van der Waals surface area contributed by atoms with E-state index in [4.69, 9.17) is 21.6 Å². The molecule has 0 saturated heterocycles. The van der Waals surface area contributed by atoms with Crippen molar-refractivity contribution in [1.29, 1.82) is 5.26 Å². The number of rotatable bonds is 2. The average molecular weight is 428 g/mol. The highest BCUT2D eigenvalue weighted by molar-refractivity contribution is 6.31. The van der Waals surface area contributed by atoms with Gasteiger partial charge in [-0.25, -0.2) is 9.97 Å². The minimum Gasteiger partial charge on any atom is -0.377 e. The second kappa shape index (κ2) is 7.69. The van der Waals surface area contributed by atoms with Crippen LogP contribution in [0.5, 0.6) is 0 Å². The minimum absolute atomic E-state index is 0.327. The average Bonchev–Trinajstić information content (AvgIpc) is 3.34. The number of ether oxygens (including phenoxy) is 1. The van der Waals surface area contributed by atoms with Crippen molar-refractivity contribution in [3.63, 3.8) is 0 Å². The topological polar surface area (TPSA) is 94.4 Å². The van der Waals surface area contributed by atoms with E-state index in [1.165, 1.54) is 6.20 Å². The van der Waals surface area contributed by atoms with E-state index in [0.29, 0.717) is 46.8 Å². The van der Waals surface area contributed by atoms with Gasteiger partial charge in [-0.15, -0.1) is 10.2 Å². The molecule has 1 aromatic carbocycles. The number of imidazole rings is 1. The van der Waals surface area contributed by atoms with Crippen molar-refractivity contribution < 1.29 is 4.74 Å². The number of benzene rings is 1. The summed E-state index contributed by atoms with van der Waals surface area (Å²) in [5.74, 6) is 7.55. The van der Waals surface area contributed by atoms with Gasteiger partial charge in [0.15, 0.2) is 11.6 Å². The van der Waals surface area contributed by atoms with Crippen LogP contribution in [0.2, 0.25) is 5.02 Å². The van der Waals surface area contributed by atoms with Crippen LogP contribution in [0.15, 0.2) is 42.9 Å². The molecule has 5 rings (SSSR count). The van der Waals surface area contributed by atoms with Crippen molar-refractivity contribution in [3.8, 4) is 35.0 Å². The van der Waals surface area contributed by atoms with Gasteiger partial charge in [-0.1, -0.05) is 11.6 Å². The van der Waals surface area contributed by atoms with E-state index >= 15 is 0 Å². The van der Waals surface area contributed by atoms with Crippen LogP contribution in [0.1, 0.15) is 28.5 Å². The Bertz CT molecular complexity index is 1400. The van der Waals surface area contributed by atoms with E-state index in [1.807, 2.05) is 33.4 Å². The lowest BCUT2D eigenvalue weighted by Gasteiger charge is -2.08. The number of methoxy groups -OCH3 is 1. The SMILES string of the molecule is COCc1nnc2n1Cc1c(C#Cc3ccc(C#N)cn3)ncn1-c1ccc(Cl)cc1-2. The van der Waals surface area contributed by atoms with Gasteiger partial charge in [-0.05, 0) is 42.2 Å². The molecule has 1 aliphatic rings. The molecule has 0 atom stereocenters. The summed E-state index contributed by atoms with van der Waals surface area (Å²) >= 11 is 6.28. The summed E-state index contributed by atoms with van der Waals surface area (Å²) < 4.78 is 9.28. The molecule has 31 heavy (non-hydrogen) atoms. The van der Waals surface area contributed by atoms with E-state index in [0.717, 1.165) is 16.9 Å². The first-order valence-electron chi connectivity index (χ1n) is 9.33. The number of nitriles is 1. The summed E-state index contributed by atoms with van der Waals surface area (Å²) in [4.78, 5) is 8.74. The molecular formula is C22H14ClN7O. The molecule has 1 aliphatic heterocycles. The largest absolute Gasteiger partial charge is 0.377 e. The number of hydrogen-bond donors (Lipinski definition) is 0. The summed E-state index contributed by atoms with van der Waals surface area (Å²) in [7, 11) is 1.62. The molecule has 8 nitrogen and oxygen atoms in total. The Morgan fingerprint density at radius 3 is 2.84 bits per heavy atom. The molecule has 0 radical (unpaired) electrons. The summed E-state index contributed by atoms with van der Waals surface area (Å²) in [6, 6.07) is 11.1. The van der Waals surface area contributed by atoms with Crippen LogP contribution >= 0.6 is 11.6 Å². The van der Waals surface area contributed by atoms with Gasteiger partial charge in [-0.2, -0.15) is 5.26 Å². The number of aromatic nitrogens is 6. The zero-order valence-corrected chi connectivity index (χ0v) is 17.1. The lowest BCUT2D eigenvalue weighted by Crippen LogP contribution is -2.09. The highest BCUT2D eigenvalue weighted by Crippen LogP contribution is 2.34. The summed E-state index contributed by atoms with van der Waals surface area (Å²) in [5, 5.41) is 18.2. The second-order valence-corrected chi connectivity index (χ2v) is 7.26. The van der Waals surface area contributed by atoms with Crippen molar-refractivity contribution >= 4 is 11.6 Å². The third-order valence-electron chi connectivity index (χ3n) is 4.94. The molecule has 0 aliphatic carbocycles. The van der Waals surface area contributed by atoms with Crippen molar-refractivity contribution in [3.05, 3.63) is 76.3 Å². The van der Waals surface area contributed by atoms with Crippen LogP contribution in [-0.4, -0.2) is 36.4 Å². The fourth-order valence-electron chi connectivity index (χ4n) is 3.48. The molecule has 4 heterocycles. The van der Waals surface area contributed by atoms with E-state index in [9.17, 15) is 0 Å². The molecule has 0 bridgehead atoms. The zero-order chi connectivity index (χ0) is 21.4. The number of pyridine rings is 1. The van der Waals surface area contributed by atoms with Crippen molar-refractivity contribution in [2.75, 3.05) is 7.11 Å².